The second-order valence-corrected chi connectivity index (χ2v) is 4.75. The molecule has 0 radical (unpaired) electrons. The topological polar surface area (TPSA) is 64.6 Å². The van der Waals surface area contributed by atoms with E-state index in [9.17, 15) is 4.79 Å². The van der Waals surface area contributed by atoms with E-state index in [1.54, 1.807) is 12.1 Å². The molecule has 2 aromatic heterocycles. The summed E-state index contributed by atoms with van der Waals surface area (Å²) in [6, 6.07) is 7.26. The van der Waals surface area contributed by atoms with Crippen molar-refractivity contribution in [2.24, 2.45) is 0 Å². The van der Waals surface area contributed by atoms with Crippen molar-refractivity contribution in [3.05, 3.63) is 47.3 Å². The molecule has 2 atom stereocenters. The Morgan fingerprint density at radius 1 is 1.10 bits per heavy atom. The van der Waals surface area contributed by atoms with E-state index in [0.717, 1.165) is 11.5 Å². The number of esters is 1. The van der Waals surface area contributed by atoms with Crippen LogP contribution in [0.15, 0.2) is 33.1 Å². The van der Waals surface area contributed by atoms with Crippen LogP contribution in [-0.4, -0.2) is 13.1 Å². The number of nitrogens with one attached hydrogen (secondary N) is 1. The van der Waals surface area contributed by atoms with Crippen molar-refractivity contribution in [2.75, 3.05) is 7.11 Å². The van der Waals surface area contributed by atoms with Gasteiger partial charge in [0.2, 0.25) is 5.76 Å². The highest BCUT2D eigenvalue weighted by atomic mass is 16.5. The van der Waals surface area contributed by atoms with Gasteiger partial charge in [-0.1, -0.05) is 0 Å². The molecule has 2 heterocycles. The van der Waals surface area contributed by atoms with Gasteiger partial charge in [0.05, 0.1) is 19.2 Å². The Labute approximate surface area is 117 Å². The van der Waals surface area contributed by atoms with Gasteiger partial charge in [-0.05, 0) is 45.0 Å². The molecule has 0 aliphatic rings. The Morgan fingerprint density at radius 3 is 2.25 bits per heavy atom. The highest BCUT2D eigenvalue weighted by Gasteiger charge is 2.18. The summed E-state index contributed by atoms with van der Waals surface area (Å²) < 4.78 is 15.7. The lowest BCUT2D eigenvalue weighted by Gasteiger charge is -2.16. The van der Waals surface area contributed by atoms with Gasteiger partial charge in [-0.15, -0.1) is 0 Å². The summed E-state index contributed by atoms with van der Waals surface area (Å²) in [6.45, 7) is 5.89. The van der Waals surface area contributed by atoms with Crippen molar-refractivity contribution in [1.82, 2.24) is 5.32 Å². The van der Waals surface area contributed by atoms with E-state index in [4.69, 9.17) is 8.83 Å². The second kappa shape index (κ2) is 5.96. The molecule has 0 unspecified atom stereocenters. The van der Waals surface area contributed by atoms with E-state index >= 15 is 0 Å². The van der Waals surface area contributed by atoms with E-state index in [0.29, 0.717) is 5.76 Å². The fraction of sp³-hybridized carbons (Fsp3) is 0.400. The number of carbonyl (C=O) groups excluding carboxylic acids is 1. The van der Waals surface area contributed by atoms with Crippen molar-refractivity contribution >= 4 is 5.97 Å². The van der Waals surface area contributed by atoms with Gasteiger partial charge in [0.15, 0.2) is 0 Å². The molecular formula is C15H19NO4. The lowest BCUT2D eigenvalue weighted by atomic mass is 10.2. The summed E-state index contributed by atoms with van der Waals surface area (Å²) in [7, 11) is 1.33. The van der Waals surface area contributed by atoms with Crippen molar-refractivity contribution in [3.8, 4) is 0 Å². The molecule has 2 aromatic rings. The van der Waals surface area contributed by atoms with Crippen molar-refractivity contribution in [1.29, 1.82) is 0 Å². The molecule has 108 valence electrons. The molecule has 5 heteroatoms. The molecule has 0 aromatic carbocycles. The van der Waals surface area contributed by atoms with Crippen LogP contribution in [0.1, 0.15) is 53.8 Å². The third kappa shape index (κ3) is 3.11. The minimum absolute atomic E-state index is 0.0466. The van der Waals surface area contributed by atoms with Gasteiger partial charge in [-0.25, -0.2) is 4.79 Å². The zero-order chi connectivity index (χ0) is 14.7. The lowest BCUT2D eigenvalue weighted by Crippen LogP contribution is -2.21. The number of aryl methyl sites for hydroxylation is 1. The molecule has 0 aliphatic carbocycles. The zero-order valence-electron chi connectivity index (χ0n) is 12.1. The van der Waals surface area contributed by atoms with Crippen LogP contribution in [0.3, 0.4) is 0 Å². The van der Waals surface area contributed by atoms with Crippen LogP contribution in [0.25, 0.3) is 0 Å². The third-order valence-electron chi connectivity index (χ3n) is 3.13. The van der Waals surface area contributed by atoms with Gasteiger partial charge in [0, 0.05) is 0 Å². The monoisotopic (exact) mass is 277 g/mol. The van der Waals surface area contributed by atoms with E-state index in [2.05, 4.69) is 10.1 Å². The molecule has 0 fully saturated rings. The Morgan fingerprint density at radius 2 is 1.70 bits per heavy atom. The van der Waals surface area contributed by atoms with Gasteiger partial charge in [-0.2, -0.15) is 0 Å². The quantitative estimate of drug-likeness (QED) is 0.849. The summed E-state index contributed by atoms with van der Waals surface area (Å²) in [5.74, 6) is 2.16. The summed E-state index contributed by atoms with van der Waals surface area (Å²) in [6.07, 6.45) is 0. The molecule has 2 rings (SSSR count). The molecule has 0 bridgehead atoms. The molecule has 0 saturated carbocycles. The average molecular weight is 277 g/mol. The van der Waals surface area contributed by atoms with E-state index in [-0.39, 0.29) is 17.8 Å². The maximum absolute atomic E-state index is 11.3. The van der Waals surface area contributed by atoms with Crippen molar-refractivity contribution < 1.29 is 18.4 Å². The van der Waals surface area contributed by atoms with Gasteiger partial charge >= 0.3 is 5.97 Å². The van der Waals surface area contributed by atoms with Gasteiger partial charge < -0.3 is 13.6 Å². The fourth-order valence-electron chi connectivity index (χ4n) is 2.02. The summed E-state index contributed by atoms with van der Waals surface area (Å²) in [5, 5.41) is 3.36. The SMILES string of the molecule is COC(=O)c1ccc([C@H](C)N[C@@H](C)c2ccc(C)o2)o1. The van der Waals surface area contributed by atoms with Crippen molar-refractivity contribution in [2.45, 2.75) is 32.9 Å². The van der Waals surface area contributed by atoms with Crippen LogP contribution < -0.4 is 5.32 Å². The molecule has 20 heavy (non-hydrogen) atoms. The number of furan rings is 2. The normalized spacial score (nSPS) is 14.0. The number of hydrogen-bond acceptors (Lipinski definition) is 5. The highest BCUT2D eigenvalue weighted by molar-refractivity contribution is 5.86. The van der Waals surface area contributed by atoms with Gasteiger partial charge in [0.1, 0.15) is 17.3 Å². The Kier molecular flexibility index (Phi) is 4.29. The van der Waals surface area contributed by atoms with Crippen molar-refractivity contribution in [3.63, 3.8) is 0 Å². The van der Waals surface area contributed by atoms with Crippen LogP contribution >= 0.6 is 0 Å². The van der Waals surface area contributed by atoms with E-state index < -0.39 is 5.97 Å². The van der Waals surface area contributed by atoms with Gasteiger partial charge in [0.25, 0.3) is 0 Å². The predicted octanol–water partition coefficient (Wildman–Crippen LogP) is 3.38. The fourth-order valence-corrected chi connectivity index (χ4v) is 2.02. The van der Waals surface area contributed by atoms with E-state index in [1.165, 1.54) is 7.11 Å². The summed E-state index contributed by atoms with van der Waals surface area (Å²) >= 11 is 0. The highest BCUT2D eigenvalue weighted by Crippen LogP contribution is 2.22. The van der Waals surface area contributed by atoms with Crippen LogP contribution in [0, 0.1) is 6.92 Å². The number of methoxy groups -OCH3 is 1. The molecule has 0 spiro atoms. The molecule has 5 nitrogen and oxygen atoms in total. The first-order chi connectivity index (χ1) is 9.51. The minimum Gasteiger partial charge on any atom is -0.465 e. The Bertz CT molecular complexity index is 584. The smallest absolute Gasteiger partial charge is 0.373 e. The molecule has 1 N–H and O–H groups in total. The van der Waals surface area contributed by atoms with E-state index in [1.807, 2.05) is 32.9 Å². The first-order valence-electron chi connectivity index (χ1n) is 6.51. The second-order valence-electron chi connectivity index (χ2n) is 4.75. The largest absolute Gasteiger partial charge is 0.465 e. The number of carbonyl (C=O) groups is 1. The molecule has 0 amide bonds. The van der Waals surface area contributed by atoms with Crippen LogP contribution in [0.5, 0.6) is 0 Å². The maximum atomic E-state index is 11.3. The standard InChI is InChI=1S/C15H19NO4/c1-9-5-6-12(19-9)10(2)16-11(3)13-7-8-14(20-13)15(17)18-4/h5-8,10-11,16H,1-4H3/t10-,11-/m0/s1. The van der Waals surface area contributed by atoms with Crippen LogP contribution in [-0.2, 0) is 4.74 Å². The molecule has 0 saturated heterocycles. The van der Waals surface area contributed by atoms with Crippen LogP contribution in [0.2, 0.25) is 0 Å². The average Bonchev–Trinajstić information content (AvgIpc) is 3.06. The first-order valence-corrected chi connectivity index (χ1v) is 6.51. The zero-order valence-corrected chi connectivity index (χ0v) is 12.1. The molecular weight excluding hydrogens is 258 g/mol. The molecule has 0 aliphatic heterocycles. The first kappa shape index (κ1) is 14.4. The van der Waals surface area contributed by atoms with Gasteiger partial charge in [-0.3, -0.25) is 5.32 Å². The summed E-state index contributed by atoms with van der Waals surface area (Å²) in [4.78, 5) is 11.3. The summed E-state index contributed by atoms with van der Waals surface area (Å²) in [5.41, 5.74) is 0. The Hall–Kier alpha value is -2.01. The number of hydrogen-bond donors (Lipinski definition) is 1. The predicted molar refractivity (Wildman–Crippen MR) is 73.5 cm³/mol. The minimum atomic E-state index is -0.474. The third-order valence-corrected chi connectivity index (χ3v) is 3.13. The Balaban J connectivity index is 2.02. The van der Waals surface area contributed by atoms with Crippen LogP contribution in [0.4, 0.5) is 0 Å². The number of rotatable bonds is 5. The number of ether oxygens (including phenoxy) is 1. The maximum Gasteiger partial charge on any atom is 0.373 e. The lowest BCUT2D eigenvalue weighted by molar-refractivity contribution is 0.0562.